The number of carbonyl (C=O) groups is 1. The Morgan fingerprint density at radius 3 is 2.23 bits per heavy atom. The summed E-state index contributed by atoms with van der Waals surface area (Å²) in [6.07, 6.45) is 4.72. The molecule has 0 spiro atoms. The molecule has 116 valence electrons. The summed E-state index contributed by atoms with van der Waals surface area (Å²) in [4.78, 5) is 12.4. The molecular weight excluding hydrogens is 343 g/mol. The first-order valence-corrected chi connectivity index (χ1v) is 8.00. The van der Waals surface area contributed by atoms with E-state index in [1.54, 1.807) is 19.1 Å². The molecule has 6 heteroatoms. The summed E-state index contributed by atoms with van der Waals surface area (Å²) in [5.41, 5.74) is 1.59. The molecule has 22 heavy (non-hydrogen) atoms. The van der Waals surface area contributed by atoms with Gasteiger partial charge in [-0.2, -0.15) is 4.57 Å². The number of hydrogen-bond acceptors (Lipinski definition) is 1. The molecule has 1 aromatic carbocycles. The molecule has 0 radical (unpaired) electrons. The zero-order chi connectivity index (χ0) is 16.3. The van der Waals surface area contributed by atoms with Crippen LogP contribution < -0.4 is 9.88 Å². The minimum Gasteiger partial charge on any atom is -0.318 e. The van der Waals surface area contributed by atoms with Crippen LogP contribution in [0.3, 0.4) is 0 Å². The maximum atomic E-state index is 12.4. The lowest BCUT2D eigenvalue weighted by atomic mass is 10.2. The van der Waals surface area contributed by atoms with Gasteiger partial charge >= 0.3 is 0 Å². The van der Waals surface area contributed by atoms with E-state index in [1.807, 2.05) is 29.1 Å². The van der Waals surface area contributed by atoms with Gasteiger partial charge in [-0.25, -0.2) is 0 Å². The molecule has 1 heterocycles. The topological polar surface area (TPSA) is 33.0 Å². The summed E-state index contributed by atoms with van der Waals surface area (Å²) < 4.78 is 1.83. The minimum atomic E-state index is -0.395. The van der Waals surface area contributed by atoms with Gasteiger partial charge in [0.15, 0.2) is 12.4 Å². The van der Waals surface area contributed by atoms with Gasteiger partial charge in [0, 0.05) is 24.1 Å². The summed E-state index contributed by atoms with van der Waals surface area (Å²) in [6, 6.07) is 6.67. The van der Waals surface area contributed by atoms with Crippen LogP contribution in [0, 0.1) is 0 Å². The standard InChI is InChI=1S/C16H15Cl3N2O/c1-3-11-4-6-21(7-5-11)10(2)16(22)20-15-13(18)8-12(17)9-14(15)19/h4-10H,3H2,1-2H3/p+1/t10-/m1/s1. The van der Waals surface area contributed by atoms with Crippen molar-refractivity contribution >= 4 is 46.4 Å². The molecule has 0 saturated carbocycles. The number of pyridine rings is 1. The van der Waals surface area contributed by atoms with Gasteiger partial charge in [0.2, 0.25) is 6.04 Å². The first-order chi connectivity index (χ1) is 10.4. The summed E-state index contributed by atoms with van der Waals surface area (Å²) in [6.45, 7) is 3.89. The second kappa shape index (κ2) is 7.32. The van der Waals surface area contributed by atoms with Crippen LogP contribution in [0.1, 0.15) is 25.5 Å². The van der Waals surface area contributed by atoms with Crippen LogP contribution in [0.15, 0.2) is 36.7 Å². The number of aromatic nitrogens is 1. The van der Waals surface area contributed by atoms with Crippen LogP contribution in [0.2, 0.25) is 15.1 Å². The average molecular weight is 359 g/mol. The predicted octanol–water partition coefficient (Wildman–Crippen LogP) is 4.70. The molecule has 0 aliphatic heterocycles. The van der Waals surface area contributed by atoms with Crippen molar-refractivity contribution in [3.05, 3.63) is 57.3 Å². The first kappa shape index (κ1) is 17.1. The number of anilines is 1. The number of amides is 1. The van der Waals surface area contributed by atoms with Crippen molar-refractivity contribution in [1.82, 2.24) is 0 Å². The highest BCUT2D eigenvalue weighted by molar-refractivity contribution is 6.42. The smallest absolute Gasteiger partial charge is 0.293 e. The van der Waals surface area contributed by atoms with Crippen molar-refractivity contribution in [1.29, 1.82) is 0 Å². The van der Waals surface area contributed by atoms with E-state index in [4.69, 9.17) is 34.8 Å². The molecule has 0 aliphatic rings. The number of rotatable bonds is 4. The normalized spacial score (nSPS) is 12.0. The highest BCUT2D eigenvalue weighted by atomic mass is 35.5. The van der Waals surface area contributed by atoms with Crippen molar-refractivity contribution in [2.24, 2.45) is 0 Å². The Bertz CT molecular complexity index is 663. The maximum absolute atomic E-state index is 12.4. The Morgan fingerprint density at radius 1 is 1.18 bits per heavy atom. The van der Waals surface area contributed by atoms with Gasteiger partial charge in [0.1, 0.15) is 0 Å². The van der Waals surface area contributed by atoms with Gasteiger partial charge in [0.05, 0.1) is 15.7 Å². The van der Waals surface area contributed by atoms with Crippen LogP contribution in [-0.2, 0) is 11.2 Å². The third-order valence-corrected chi connectivity index (χ3v) is 4.23. The van der Waals surface area contributed by atoms with Gasteiger partial charge in [-0.05, 0) is 24.1 Å². The fourth-order valence-electron chi connectivity index (χ4n) is 1.99. The fourth-order valence-corrected chi connectivity index (χ4v) is 2.90. The number of benzene rings is 1. The highest BCUT2D eigenvalue weighted by Crippen LogP contribution is 2.33. The molecule has 1 amide bonds. The summed E-state index contributed by atoms with van der Waals surface area (Å²) in [5.74, 6) is -0.208. The van der Waals surface area contributed by atoms with Gasteiger partial charge < -0.3 is 5.32 Å². The molecule has 0 unspecified atom stereocenters. The molecular formula is C16H16Cl3N2O+. The highest BCUT2D eigenvalue weighted by Gasteiger charge is 2.23. The van der Waals surface area contributed by atoms with Crippen LogP contribution in [-0.4, -0.2) is 5.91 Å². The number of aryl methyl sites for hydroxylation is 1. The second-order valence-electron chi connectivity index (χ2n) is 4.92. The molecule has 0 saturated heterocycles. The zero-order valence-corrected chi connectivity index (χ0v) is 14.5. The van der Waals surface area contributed by atoms with Crippen LogP contribution >= 0.6 is 34.8 Å². The molecule has 0 aliphatic carbocycles. The summed E-state index contributed by atoms with van der Waals surface area (Å²) in [5, 5.41) is 3.79. The van der Waals surface area contributed by atoms with E-state index < -0.39 is 6.04 Å². The van der Waals surface area contributed by atoms with Crippen LogP contribution in [0.5, 0.6) is 0 Å². The van der Waals surface area contributed by atoms with Crippen molar-refractivity contribution < 1.29 is 9.36 Å². The molecule has 0 bridgehead atoms. The SMILES string of the molecule is CCc1cc[n+]([C@H](C)C(=O)Nc2c(Cl)cc(Cl)cc2Cl)cc1. The van der Waals surface area contributed by atoms with E-state index in [0.717, 1.165) is 6.42 Å². The largest absolute Gasteiger partial charge is 0.318 e. The lowest BCUT2D eigenvalue weighted by Crippen LogP contribution is -2.44. The number of nitrogens with one attached hydrogen (secondary N) is 1. The molecule has 3 nitrogen and oxygen atoms in total. The number of carbonyl (C=O) groups excluding carboxylic acids is 1. The third kappa shape index (κ3) is 3.92. The molecule has 1 N–H and O–H groups in total. The second-order valence-corrected chi connectivity index (χ2v) is 6.17. The van der Waals surface area contributed by atoms with E-state index in [0.29, 0.717) is 20.8 Å². The third-order valence-electron chi connectivity index (χ3n) is 3.41. The van der Waals surface area contributed by atoms with Gasteiger partial charge in [-0.15, -0.1) is 0 Å². The predicted molar refractivity (Wildman–Crippen MR) is 90.8 cm³/mol. The van der Waals surface area contributed by atoms with E-state index in [1.165, 1.54) is 5.56 Å². The Balaban J connectivity index is 2.17. The van der Waals surface area contributed by atoms with Gasteiger partial charge in [-0.1, -0.05) is 41.7 Å². The van der Waals surface area contributed by atoms with Crippen molar-refractivity contribution in [2.75, 3.05) is 5.32 Å². The van der Waals surface area contributed by atoms with Crippen LogP contribution in [0.25, 0.3) is 0 Å². The van der Waals surface area contributed by atoms with E-state index >= 15 is 0 Å². The first-order valence-electron chi connectivity index (χ1n) is 6.87. The number of hydrogen-bond donors (Lipinski definition) is 1. The molecule has 2 aromatic rings. The molecule has 1 atom stereocenters. The zero-order valence-electron chi connectivity index (χ0n) is 12.2. The van der Waals surface area contributed by atoms with Gasteiger partial charge in [-0.3, -0.25) is 4.79 Å². The summed E-state index contributed by atoms with van der Waals surface area (Å²) >= 11 is 18.0. The van der Waals surface area contributed by atoms with Gasteiger partial charge in [0.25, 0.3) is 5.91 Å². The molecule has 2 rings (SSSR count). The van der Waals surface area contributed by atoms with Crippen molar-refractivity contribution in [3.8, 4) is 0 Å². The lowest BCUT2D eigenvalue weighted by Gasteiger charge is -2.12. The monoisotopic (exact) mass is 357 g/mol. The van der Waals surface area contributed by atoms with Crippen molar-refractivity contribution in [2.45, 2.75) is 26.3 Å². The summed E-state index contributed by atoms with van der Waals surface area (Å²) in [7, 11) is 0. The minimum absolute atomic E-state index is 0.208. The fraction of sp³-hybridized carbons (Fsp3) is 0.250. The Kier molecular flexibility index (Phi) is 5.68. The maximum Gasteiger partial charge on any atom is 0.293 e. The van der Waals surface area contributed by atoms with E-state index in [9.17, 15) is 4.79 Å². The molecule has 1 aromatic heterocycles. The average Bonchev–Trinajstić information content (AvgIpc) is 2.50. The Labute approximate surface area is 144 Å². The molecule has 0 fully saturated rings. The Hall–Kier alpha value is -1.29. The quantitative estimate of drug-likeness (QED) is 0.790. The van der Waals surface area contributed by atoms with E-state index in [-0.39, 0.29) is 5.91 Å². The lowest BCUT2D eigenvalue weighted by molar-refractivity contribution is -0.705. The Morgan fingerprint density at radius 2 is 1.73 bits per heavy atom. The van der Waals surface area contributed by atoms with E-state index in [2.05, 4.69) is 12.2 Å². The number of halogens is 3. The number of nitrogens with zero attached hydrogens (tertiary/aromatic N) is 1. The van der Waals surface area contributed by atoms with Crippen LogP contribution in [0.4, 0.5) is 5.69 Å². The van der Waals surface area contributed by atoms with Crippen molar-refractivity contribution in [3.63, 3.8) is 0 Å².